The van der Waals surface area contributed by atoms with E-state index in [9.17, 15) is 14.4 Å². The molecule has 0 spiro atoms. The number of nitrogens with zero attached hydrogens (tertiary/aromatic N) is 1. The van der Waals surface area contributed by atoms with E-state index in [1.165, 1.54) is 11.8 Å². The molecule has 0 aromatic rings. The summed E-state index contributed by atoms with van der Waals surface area (Å²) in [5.74, 6) is -1.15. The van der Waals surface area contributed by atoms with Crippen LogP contribution < -0.4 is 0 Å². The first-order valence-electron chi connectivity index (χ1n) is 6.74. The minimum absolute atomic E-state index is 0.191. The molecule has 114 valence electrons. The average Bonchev–Trinajstić information content (AvgIpc) is 2.41. The zero-order valence-corrected chi connectivity index (χ0v) is 12.1. The molecule has 1 amide bonds. The largest absolute Gasteiger partial charge is 0.449 e. The molecule has 7 nitrogen and oxygen atoms in total. The van der Waals surface area contributed by atoms with Gasteiger partial charge in [0.15, 0.2) is 6.10 Å². The van der Waals surface area contributed by atoms with Crippen molar-refractivity contribution in [2.24, 2.45) is 0 Å². The number of rotatable bonds is 6. The molecule has 1 aliphatic rings. The molecule has 7 heteroatoms. The first kappa shape index (κ1) is 16.3. The molecule has 2 unspecified atom stereocenters. The van der Waals surface area contributed by atoms with Crippen molar-refractivity contribution in [3.8, 4) is 0 Å². The molecule has 0 saturated carbocycles. The molecule has 1 saturated heterocycles. The third-order valence-corrected chi connectivity index (χ3v) is 2.91. The van der Waals surface area contributed by atoms with Gasteiger partial charge in [0.25, 0.3) is 0 Å². The summed E-state index contributed by atoms with van der Waals surface area (Å²) in [6.07, 6.45) is -0.331. The molecule has 1 aliphatic heterocycles. The number of amides is 1. The van der Waals surface area contributed by atoms with Crippen LogP contribution in [0.2, 0.25) is 0 Å². The van der Waals surface area contributed by atoms with Crippen molar-refractivity contribution < 1.29 is 28.6 Å². The van der Waals surface area contributed by atoms with E-state index in [1.54, 1.807) is 7.05 Å². The molecule has 0 aromatic heterocycles. The van der Waals surface area contributed by atoms with Crippen LogP contribution in [0.15, 0.2) is 0 Å². The van der Waals surface area contributed by atoms with E-state index in [4.69, 9.17) is 14.2 Å². The highest BCUT2D eigenvalue weighted by atomic mass is 16.6. The lowest BCUT2D eigenvalue weighted by Gasteiger charge is -2.26. The Balaban J connectivity index is 2.33. The number of hydrogen-bond donors (Lipinski definition) is 0. The van der Waals surface area contributed by atoms with E-state index >= 15 is 0 Å². The predicted molar refractivity (Wildman–Crippen MR) is 68.9 cm³/mol. The molecule has 0 aromatic carbocycles. The van der Waals surface area contributed by atoms with Gasteiger partial charge in [-0.05, 0) is 13.3 Å². The summed E-state index contributed by atoms with van der Waals surface area (Å²) < 4.78 is 14.8. The topological polar surface area (TPSA) is 82.1 Å². The molecule has 2 atom stereocenters. The predicted octanol–water partition coefficient (Wildman–Crippen LogP) is 1.10. The summed E-state index contributed by atoms with van der Waals surface area (Å²) >= 11 is 0. The van der Waals surface area contributed by atoms with Gasteiger partial charge in [0, 0.05) is 20.0 Å². The lowest BCUT2D eigenvalue weighted by atomic mass is 10.2. The van der Waals surface area contributed by atoms with E-state index < -0.39 is 30.2 Å². The average molecular weight is 287 g/mol. The van der Waals surface area contributed by atoms with Gasteiger partial charge in [-0.2, -0.15) is 0 Å². The van der Waals surface area contributed by atoms with Gasteiger partial charge < -0.3 is 19.1 Å². The second kappa shape index (κ2) is 7.72. The second-order valence-corrected chi connectivity index (χ2v) is 4.68. The Morgan fingerprint density at radius 3 is 2.65 bits per heavy atom. The quantitative estimate of drug-likeness (QED) is 0.413. The summed E-state index contributed by atoms with van der Waals surface area (Å²) in [6.45, 7) is 4.07. The van der Waals surface area contributed by atoms with Crippen LogP contribution in [0.25, 0.3) is 0 Å². The minimum atomic E-state index is -0.954. The molecule has 0 N–H and O–H groups in total. The van der Waals surface area contributed by atoms with Crippen molar-refractivity contribution >= 4 is 18.0 Å². The van der Waals surface area contributed by atoms with Crippen LogP contribution >= 0.6 is 0 Å². The molecule has 0 aliphatic carbocycles. The van der Waals surface area contributed by atoms with Crippen molar-refractivity contribution in [3.63, 3.8) is 0 Å². The Morgan fingerprint density at radius 1 is 1.30 bits per heavy atom. The highest BCUT2D eigenvalue weighted by Crippen LogP contribution is 2.13. The molecule has 0 radical (unpaired) electrons. The number of carbonyl (C=O) groups excluding carboxylic acids is 3. The Hall–Kier alpha value is -1.79. The van der Waals surface area contributed by atoms with Crippen molar-refractivity contribution in [1.82, 2.24) is 4.90 Å². The standard InChI is InChI=1S/C13H21NO6/c1-4-5-8-18-13(17)14(3)7-6-10-12(16)19-9(2)11(15)20-10/h9-10H,4-8H2,1-3H3. The fraction of sp³-hybridized carbons (Fsp3) is 0.769. The van der Waals surface area contributed by atoms with Gasteiger partial charge >= 0.3 is 18.0 Å². The fourth-order valence-corrected chi connectivity index (χ4v) is 1.58. The van der Waals surface area contributed by atoms with E-state index in [-0.39, 0.29) is 13.0 Å². The maximum absolute atomic E-state index is 11.6. The van der Waals surface area contributed by atoms with Crippen LogP contribution in [0, 0.1) is 0 Å². The summed E-state index contributed by atoms with van der Waals surface area (Å²) in [4.78, 5) is 35.7. The summed E-state index contributed by atoms with van der Waals surface area (Å²) in [5.41, 5.74) is 0. The third kappa shape index (κ3) is 4.71. The Bertz CT molecular complexity index is 370. The van der Waals surface area contributed by atoms with Crippen molar-refractivity contribution in [1.29, 1.82) is 0 Å². The normalized spacial score (nSPS) is 21.9. The van der Waals surface area contributed by atoms with Gasteiger partial charge in [0.05, 0.1) is 6.61 Å². The number of carbonyl (C=O) groups is 3. The Kier molecular flexibility index (Phi) is 6.27. The highest BCUT2D eigenvalue weighted by Gasteiger charge is 2.35. The highest BCUT2D eigenvalue weighted by molar-refractivity contribution is 5.87. The first-order chi connectivity index (χ1) is 9.45. The van der Waals surface area contributed by atoms with Gasteiger partial charge in [-0.1, -0.05) is 13.3 Å². The van der Waals surface area contributed by atoms with Crippen LogP contribution in [-0.4, -0.2) is 55.3 Å². The number of hydrogen-bond acceptors (Lipinski definition) is 6. The Labute approximate surface area is 118 Å². The molecule has 1 rings (SSSR count). The molecular formula is C13H21NO6. The molecule has 1 fully saturated rings. The van der Waals surface area contributed by atoms with Crippen LogP contribution in [0.1, 0.15) is 33.1 Å². The molecule has 1 heterocycles. The molecule has 20 heavy (non-hydrogen) atoms. The van der Waals surface area contributed by atoms with Crippen LogP contribution in [0.4, 0.5) is 4.79 Å². The summed E-state index contributed by atoms with van der Waals surface area (Å²) in [6, 6.07) is 0. The lowest BCUT2D eigenvalue weighted by molar-refractivity contribution is -0.193. The zero-order valence-electron chi connectivity index (χ0n) is 12.1. The van der Waals surface area contributed by atoms with Crippen molar-refractivity contribution in [2.75, 3.05) is 20.2 Å². The van der Waals surface area contributed by atoms with Crippen LogP contribution in [0.3, 0.4) is 0 Å². The monoisotopic (exact) mass is 287 g/mol. The smallest absolute Gasteiger partial charge is 0.409 e. The second-order valence-electron chi connectivity index (χ2n) is 4.68. The minimum Gasteiger partial charge on any atom is -0.449 e. The molecular weight excluding hydrogens is 266 g/mol. The fourth-order valence-electron chi connectivity index (χ4n) is 1.58. The number of ether oxygens (including phenoxy) is 3. The van der Waals surface area contributed by atoms with E-state index in [1.807, 2.05) is 6.92 Å². The maximum Gasteiger partial charge on any atom is 0.409 e. The van der Waals surface area contributed by atoms with Crippen LogP contribution in [0.5, 0.6) is 0 Å². The summed E-state index contributed by atoms with van der Waals surface area (Å²) in [5, 5.41) is 0. The van der Waals surface area contributed by atoms with Gasteiger partial charge in [-0.15, -0.1) is 0 Å². The maximum atomic E-state index is 11.6. The first-order valence-corrected chi connectivity index (χ1v) is 6.74. The van der Waals surface area contributed by atoms with Gasteiger partial charge in [-0.25, -0.2) is 14.4 Å². The number of unbranched alkanes of at least 4 members (excludes halogenated alkanes) is 1. The number of esters is 2. The van der Waals surface area contributed by atoms with Gasteiger partial charge in [0.2, 0.25) is 6.10 Å². The van der Waals surface area contributed by atoms with E-state index in [2.05, 4.69) is 0 Å². The van der Waals surface area contributed by atoms with Crippen LogP contribution in [-0.2, 0) is 23.8 Å². The zero-order chi connectivity index (χ0) is 15.1. The summed E-state index contributed by atoms with van der Waals surface area (Å²) in [7, 11) is 1.56. The SMILES string of the molecule is CCCCOC(=O)N(C)CCC1OC(=O)C(C)OC1=O. The van der Waals surface area contributed by atoms with Crippen molar-refractivity contribution in [2.45, 2.75) is 45.3 Å². The lowest BCUT2D eigenvalue weighted by Crippen LogP contribution is -2.44. The molecule has 0 bridgehead atoms. The van der Waals surface area contributed by atoms with Gasteiger partial charge in [-0.3, -0.25) is 0 Å². The van der Waals surface area contributed by atoms with E-state index in [0.29, 0.717) is 6.61 Å². The third-order valence-electron chi connectivity index (χ3n) is 2.91. The Morgan fingerprint density at radius 2 is 2.00 bits per heavy atom. The van der Waals surface area contributed by atoms with E-state index in [0.717, 1.165) is 12.8 Å². The van der Waals surface area contributed by atoms with Gasteiger partial charge in [0.1, 0.15) is 0 Å². The van der Waals surface area contributed by atoms with Crippen molar-refractivity contribution in [3.05, 3.63) is 0 Å². The number of cyclic esters (lactones) is 2.